The SMILES string of the molecule is CCOC(=O)c1cc(OC)c(OC)c(OC)c1NC. The first-order valence-corrected chi connectivity index (χ1v) is 5.82. The summed E-state index contributed by atoms with van der Waals surface area (Å²) in [5.74, 6) is 0.766. The number of methoxy groups -OCH3 is 3. The summed E-state index contributed by atoms with van der Waals surface area (Å²) < 4.78 is 20.8. The Bertz CT molecular complexity index is 459. The standard InChI is InChI=1S/C13H19NO5/c1-6-19-13(15)8-7-9(16-3)11(17-4)12(18-5)10(8)14-2/h7,14H,6H2,1-5H3. The molecule has 6 heteroatoms. The van der Waals surface area contributed by atoms with E-state index >= 15 is 0 Å². The zero-order chi connectivity index (χ0) is 14.4. The van der Waals surface area contributed by atoms with E-state index in [1.54, 1.807) is 20.0 Å². The Kier molecular flexibility index (Phi) is 5.29. The molecule has 106 valence electrons. The van der Waals surface area contributed by atoms with Crippen LogP contribution in [0.3, 0.4) is 0 Å². The van der Waals surface area contributed by atoms with Crippen molar-refractivity contribution in [3.63, 3.8) is 0 Å². The van der Waals surface area contributed by atoms with Crippen molar-refractivity contribution in [2.75, 3.05) is 40.3 Å². The minimum atomic E-state index is -0.453. The van der Waals surface area contributed by atoms with E-state index in [-0.39, 0.29) is 0 Å². The van der Waals surface area contributed by atoms with Crippen molar-refractivity contribution in [1.82, 2.24) is 0 Å². The first-order valence-electron chi connectivity index (χ1n) is 5.82. The van der Waals surface area contributed by atoms with Crippen molar-refractivity contribution in [2.45, 2.75) is 6.92 Å². The maximum absolute atomic E-state index is 11.9. The summed E-state index contributed by atoms with van der Waals surface area (Å²) in [6.45, 7) is 2.04. The van der Waals surface area contributed by atoms with Crippen LogP contribution in [0.4, 0.5) is 5.69 Å². The van der Waals surface area contributed by atoms with Crippen LogP contribution in [0.1, 0.15) is 17.3 Å². The summed E-state index contributed by atoms with van der Waals surface area (Å²) in [7, 11) is 6.18. The largest absolute Gasteiger partial charge is 0.493 e. The van der Waals surface area contributed by atoms with Crippen molar-refractivity contribution in [3.8, 4) is 17.2 Å². The molecule has 0 bridgehead atoms. The number of hydrogen-bond acceptors (Lipinski definition) is 6. The van der Waals surface area contributed by atoms with E-state index in [9.17, 15) is 4.79 Å². The fraction of sp³-hybridized carbons (Fsp3) is 0.462. The van der Waals surface area contributed by atoms with Crippen LogP contribution < -0.4 is 19.5 Å². The Balaban J connectivity index is 3.50. The summed E-state index contributed by atoms with van der Waals surface area (Å²) in [6, 6.07) is 1.56. The van der Waals surface area contributed by atoms with Gasteiger partial charge in [-0.2, -0.15) is 0 Å². The van der Waals surface area contributed by atoms with E-state index in [0.717, 1.165) is 0 Å². The fourth-order valence-corrected chi connectivity index (χ4v) is 1.77. The van der Waals surface area contributed by atoms with Crippen molar-refractivity contribution >= 4 is 11.7 Å². The number of anilines is 1. The van der Waals surface area contributed by atoms with Crippen molar-refractivity contribution in [3.05, 3.63) is 11.6 Å². The zero-order valence-electron chi connectivity index (χ0n) is 11.8. The summed E-state index contributed by atoms with van der Waals surface area (Å²) in [5.41, 5.74) is 0.831. The van der Waals surface area contributed by atoms with Crippen LogP contribution in [0, 0.1) is 0 Å². The molecule has 0 unspecified atom stereocenters. The lowest BCUT2D eigenvalue weighted by atomic mass is 10.1. The van der Waals surface area contributed by atoms with Crippen LogP contribution in [-0.4, -0.2) is 41.0 Å². The monoisotopic (exact) mass is 269 g/mol. The minimum absolute atomic E-state index is 0.290. The van der Waals surface area contributed by atoms with Crippen LogP contribution in [0.5, 0.6) is 17.2 Å². The Labute approximate surface area is 112 Å². The fourth-order valence-electron chi connectivity index (χ4n) is 1.77. The minimum Gasteiger partial charge on any atom is -0.493 e. The van der Waals surface area contributed by atoms with Gasteiger partial charge in [0.1, 0.15) is 0 Å². The van der Waals surface area contributed by atoms with Gasteiger partial charge in [0.05, 0.1) is 39.2 Å². The summed E-state index contributed by atoms with van der Waals surface area (Å²) in [4.78, 5) is 11.9. The van der Waals surface area contributed by atoms with E-state index in [2.05, 4.69) is 5.32 Å². The maximum Gasteiger partial charge on any atom is 0.340 e. The highest BCUT2D eigenvalue weighted by molar-refractivity contribution is 5.99. The molecule has 1 aromatic carbocycles. The molecule has 0 aliphatic rings. The third kappa shape index (κ3) is 2.83. The Morgan fingerprint density at radius 3 is 2.21 bits per heavy atom. The third-order valence-electron chi connectivity index (χ3n) is 2.58. The Morgan fingerprint density at radius 2 is 1.79 bits per heavy atom. The molecule has 0 radical (unpaired) electrons. The Morgan fingerprint density at radius 1 is 1.16 bits per heavy atom. The van der Waals surface area contributed by atoms with Gasteiger partial charge in [0, 0.05) is 13.1 Å². The van der Waals surface area contributed by atoms with Crippen molar-refractivity contribution < 1.29 is 23.7 Å². The average molecular weight is 269 g/mol. The molecule has 6 nitrogen and oxygen atoms in total. The lowest BCUT2D eigenvalue weighted by Crippen LogP contribution is -2.10. The van der Waals surface area contributed by atoms with Crippen LogP contribution in [0.15, 0.2) is 6.07 Å². The summed E-state index contributed by atoms with van der Waals surface area (Å²) in [6.07, 6.45) is 0. The second-order valence-corrected chi connectivity index (χ2v) is 3.54. The molecule has 1 aromatic rings. The lowest BCUT2D eigenvalue weighted by Gasteiger charge is -2.18. The molecule has 0 aromatic heterocycles. The van der Waals surface area contributed by atoms with Gasteiger partial charge in [-0.3, -0.25) is 0 Å². The summed E-state index contributed by atoms with van der Waals surface area (Å²) in [5, 5.41) is 2.92. The van der Waals surface area contributed by atoms with E-state index in [1.165, 1.54) is 21.3 Å². The van der Waals surface area contributed by atoms with Gasteiger partial charge in [-0.1, -0.05) is 0 Å². The molecule has 0 spiro atoms. The van der Waals surface area contributed by atoms with Gasteiger partial charge in [0.2, 0.25) is 5.75 Å². The van der Waals surface area contributed by atoms with Crippen LogP contribution >= 0.6 is 0 Å². The molecule has 0 aliphatic heterocycles. The number of esters is 1. The molecule has 0 heterocycles. The maximum atomic E-state index is 11.9. The lowest BCUT2D eigenvalue weighted by molar-refractivity contribution is 0.0526. The third-order valence-corrected chi connectivity index (χ3v) is 2.58. The van der Waals surface area contributed by atoms with Crippen LogP contribution in [0.25, 0.3) is 0 Å². The average Bonchev–Trinajstić information content (AvgIpc) is 2.44. The molecule has 1 N–H and O–H groups in total. The van der Waals surface area contributed by atoms with Gasteiger partial charge >= 0.3 is 5.97 Å². The molecule has 19 heavy (non-hydrogen) atoms. The molecule has 1 rings (SSSR count). The number of hydrogen-bond donors (Lipinski definition) is 1. The van der Waals surface area contributed by atoms with E-state index in [4.69, 9.17) is 18.9 Å². The van der Waals surface area contributed by atoms with Crippen molar-refractivity contribution in [2.24, 2.45) is 0 Å². The summed E-state index contributed by atoms with van der Waals surface area (Å²) >= 11 is 0. The molecule has 0 saturated carbocycles. The molecule has 0 amide bonds. The highest BCUT2D eigenvalue weighted by Gasteiger charge is 2.24. The topological polar surface area (TPSA) is 66.0 Å². The highest BCUT2D eigenvalue weighted by Crippen LogP contribution is 2.45. The quantitative estimate of drug-likeness (QED) is 0.796. The number of benzene rings is 1. The van der Waals surface area contributed by atoms with Gasteiger partial charge in [-0.05, 0) is 6.92 Å². The van der Waals surface area contributed by atoms with Crippen LogP contribution in [-0.2, 0) is 4.74 Å². The van der Waals surface area contributed by atoms with Gasteiger partial charge in [0.15, 0.2) is 11.5 Å². The van der Waals surface area contributed by atoms with Gasteiger partial charge < -0.3 is 24.3 Å². The van der Waals surface area contributed by atoms with E-state index in [1.807, 2.05) is 0 Å². The molecule has 0 aliphatic carbocycles. The van der Waals surface area contributed by atoms with E-state index in [0.29, 0.717) is 35.1 Å². The number of carbonyl (C=O) groups excluding carboxylic acids is 1. The molecule has 0 fully saturated rings. The zero-order valence-corrected chi connectivity index (χ0v) is 11.8. The first kappa shape index (κ1) is 14.9. The predicted molar refractivity (Wildman–Crippen MR) is 71.6 cm³/mol. The second-order valence-electron chi connectivity index (χ2n) is 3.54. The molecular weight excluding hydrogens is 250 g/mol. The highest BCUT2D eigenvalue weighted by atomic mass is 16.5. The van der Waals surface area contributed by atoms with Gasteiger partial charge in [-0.15, -0.1) is 0 Å². The molecular formula is C13H19NO5. The normalized spacial score (nSPS) is 9.74. The van der Waals surface area contributed by atoms with Crippen LogP contribution in [0.2, 0.25) is 0 Å². The molecule has 0 atom stereocenters. The number of rotatable bonds is 6. The molecule has 0 saturated heterocycles. The van der Waals surface area contributed by atoms with Crippen molar-refractivity contribution in [1.29, 1.82) is 0 Å². The van der Waals surface area contributed by atoms with E-state index < -0.39 is 5.97 Å². The number of nitrogens with one attached hydrogen (secondary N) is 1. The van der Waals surface area contributed by atoms with Gasteiger partial charge in [-0.25, -0.2) is 4.79 Å². The Hall–Kier alpha value is -2.11. The number of carbonyl (C=O) groups is 1. The predicted octanol–water partition coefficient (Wildman–Crippen LogP) is 1.93. The smallest absolute Gasteiger partial charge is 0.340 e. The van der Waals surface area contributed by atoms with Gasteiger partial charge in [0.25, 0.3) is 0 Å². The second kappa shape index (κ2) is 6.72. The number of ether oxygens (including phenoxy) is 4. The first-order chi connectivity index (χ1) is 9.14.